The van der Waals surface area contributed by atoms with Crippen molar-refractivity contribution < 1.29 is 4.39 Å². The number of aromatic nitrogens is 2. The summed E-state index contributed by atoms with van der Waals surface area (Å²) in [5, 5.41) is 0.715. The van der Waals surface area contributed by atoms with Gasteiger partial charge in [-0.15, -0.1) is 0 Å². The van der Waals surface area contributed by atoms with Crippen LogP contribution in [0.3, 0.4) is 0 Å². The van der Waals surface area contributed by atoms with E-state index in [1.54, 1.807) is 6.07 Å². The summed E-state index contributed by atoms with van der Waals surface area (Å²) in [4.78, 5) is 18.6. The molecule has 1 N–H and O–H groups in total. The smallest absolute Gasteiger partial charge is 0.259 e. The Balaban J connectivity index is 2.83. The number of H-pyrrole nitrogens is 1. The molecule has 1 aromatic carbocycles. The second kappa shape index (κ2) is 5.23. The molecule has 3 nitrogen and oxygen atoms in total. The molecule has 0 bridgehead atoms. The van der Waals surface area contributed by atoms with Gasteiger partial charge >= 0.3 is 0 Å². The lowest BCUT2D eigenvalue weighted by molar-refractivity contribution is 0.627. The van der Waals surface area contributed by atoms with E-state index in [1.807, 2.05) is 29.5 Å². The van der Waals surface area contributed by atoms with Gasteiger partial charge in [0.2, 0.25) is 0 Å². The van der Waals surface area contributed by atoms with E-state index in [9.17, 15) is 9.18 Å². The molecule has 0 aliphatic rings. The predicted octanol–water partition coefficient (Wildman–Crippen LogP) is 3.54. The van der Waals surface area contributed by atoms with Gasteiger partial charge in [-0.05, 0) is 50.3 Å². The molecule has 0 saturated carbocycles. The van der Waals surface area contributed by atoms with Gasteiger partial charge in [-0.25, -0.2) is 9.37 Å². The molecule has 1 aromatic heterocycles. The van der Waals surface area contributed by atoms with Crippen LogP contribution in [0.25, 0.3) is 10.9 Å². The standard InChI is InChI=1S/C10H7BrFIN2OS/c1-2-17-10-14-8-4(9(16)15-10)3-5(13)6(11)7(8)12/h3H,2H2,1H3,(H,14,15,16). The van der Waals surface area contributed by atoms with E-state index in [0.717, 1.165) is 5.75 Å². The molecule has 7 heteroatoms. The molecule has 0 unspecified atom stereocenters. The van der Waals surface area contributed by atoms with Crippen molar-refractivity contribution in [3.8, 4) is 0 Å². The van der Waals surface area contributed by atoms with Crippen molar-refractivity contribution in [3.63, 3.8) is 0 Å². The normalized spacial score (nSPS) is 11.1. The SMILES string of the molecule is CCSc1nc2c(F)c(Br)c(I)cc2c(=O)[nH]1. The summed E-state index contributed by atoms with van der Waals surface area (Å²) in [5.41, 5.74) is -0.202. The summed E-state index contributed by atoms with van der Waals surface area (Å²) in [6, 6.07) is 1.62. The molecule has 1 heterocycles. The number of aromatic amines is 1. The van der Waals surface area contributed by atoms with Crippen LogP contribution in [0.4, 0.5) is 4.39 Å². The van der Waals surface area contributed by atoms with E-state index >= 15 is 0 Å². The van der Waals surface area contributed by atoms with Crippen LogP contribution in [-0.4, -0.2) is 15.7 Å². The maximum absolute atomic E-state index is 14.0. The fourth-order valence-corrected chi connectivity index (χ4v) is 2.81. The van der Waals surface area contributed by atoms with Crippen LogP contribution in [0.15, 0.2) is 20.5 Å². The van der Waals surface area contributed by atoms with Crippen LogP contribution >= 0.6 is 50.3 Å². The summed E-state index contributed by atoms with van der Waals surface area (Å²) >= 11 is 6.49. The van der Waals surface area contributed by atoms with E-state index in [-0.39, 0.29) is 16.5 Å². The minimum absolute atomic E-state index is 0.108. The lowest BCUT2D eigenvalue weighted by atomic mass is 10.2. The second-order valence-corrected chi connectivity index (χ2v) is 6.39. The molecule has 0 spiro atoms. The number of hydrogen-bond acceptors (Lipinski definition) is 3. The highest BCUT2D eigenvalue weighted by Gasteiger charge is 2.14. The van der Waals surface area contributed by atoms with Gasteiger partial charge in [0.25, 0.3) is 5.56 Å². The number of nitrogens with one attached hydrogen (secondary N) is 1. The molecule has 0 atom stereocenters. The van der Waals surface area contributed by atoms with E-state index in [4.69, 9.17) is 0 Å². The van der Waals surface area contributed by atoms with Gasteiger partial charge in [-0.1, -0.05) is 18.7 Å². The van der Waals surface area contributed by atoms with E-state index in [0.29, 0.717) is 13.2 Å². The third-order valence-corrected chi connectivity index (χ3v) is 5.22. The topological polar surface area (TPSA) is 45.8 Å². The fourth-order valence-electron chi connectivity index (χ4n) is 1.37. The molecule has 90 valence electrons. The summed E-state index contributed by atoms with van der Waals surface area (Å²) in [7, 11) is 0. The van der Waals surface area contributed by atoms with Crippen molar-refractivity contribution in [1.82, 2.24) is 9.97 Å². The first-order chi connectivity index (χ1) is 8.04. The van der Waals surface area contributed by atoms with Gasteiger partial charge in [0.05, 0.1) is 9.86 Å². The molecule has 0 amide bonds. The van der Waals surface area contributed by atoms with Crippen LogP contribution in [0.1, 0.15) is 6.92 Å². The summed E-state index contributed by atoms with van der Waals surface area (Å²) < 4.78 is 15.0. The lowest BCUT2D eigenvalue weighted by Crippen LogP contribution is -2.11. The van der Waals surface area contributed by atoms with E-state index < -0.39 is 5.82 Å². The number of hydrogen-bond donors (Lipinski definition) is 1. The molecule has 0 aliphatic carbocycles. The van der Waals surface area contributed by atoms with Crippen LogP contribution in [0.2, 0.25) is 0 Å². The van der Waals surface area contributed by atoms with Crippen molar-refractivity contribution >= 4 is 61.2 Å². The van der Waals surface area contributed by atoms with Crippen LogP contribution < -0.4 is 5.56 Å². The highest BCUT2D eigenvalue weighted by atomic mass is 127. The van der Waals surface area contributed by atoms with Crippen molar-refractivity contribution in [2.45, 2.75) is 12.1 Å². The summed E-state index contributed by atoms with van der Waals surface area (Å²) in [5.74, 6) is 0.276. The zero-order chi connectivity index (χ0) is 12.6. The van der Waals surface area contributed by atoms with Crippen LogP contribution in [-0.2, 0) is 0 Å². The molecule has 17 heavy (non-hydrogen) atoms. The zero-order valence-electron chi connectivity index (χ0n) is 8.68. The van der Waals surface area contributed by atoms with Crippen LogP contribution in [0, 0.1) is 9.39 Å². The highest BCUT2D eigenvalue weighted by Crippen LogP contribution is 2.28. The number of nitrogens with zero attached hydrogens (tertiary/aromatic N) is 1. The van der Waals surface area contributed by atoms with E-state index in [2.05, 4.69) is 25.9 Å². The fraction of sp³-hybridized carbons (Fsp3) is 0.200. The number of rotatable bonds is 2. The minimum atomic E-state index is -0.490. The number of benzene rings is 1. The average Bonchev–Trinajstić information content (AvgIpc) is 2.29. The Morgan fingerprint density at radius 3 is 3.00 bits per heavy atom. The molecular weight excluding hydrogens is 422 g/mol. The number of thioether (sulfide) groups is 1. The Kier molecular flexibility index (Phi) is 4.09. The Labute approximate surface area is 123 Å². The molecular formula is C10H7BrFIN2OS. The maximum atomic E-state index is 14.0. The third-order valence-electron chi connectivity index (χ3n) is 2.10. The van der Waals surface area contributed by atoms with E-state index in [1.165, 1.54) is 11.8 Å². The molecule has 2 rings (SSSR count). The van der Waals surface area contributed by atoms with Crippen molar-refractivity contribution in [3.05, 3.63) is 30.3 Å². The molecule has 0 radical (unpaired) electrons. The zero-order valence-corrected chi connectivity index (χ0v) is 13.2. The first-order valence-corrected chi connectivity index (χ1v) is 7.60. The molecule has 0 fully saturated rings. The summed E-state index contributed by atoms with van der Waals surface area (Å²) in [6.45, 7) is 1.94. The third kappa shape index (κ3) is 2.50. The molecule has 0 aliphatic heterocycles. The van der Waals surface area contributed by atoms with Gasteiger partial charge in [0.1, 0.15) is 5.52 Å². The monoisotopic (exact) mass is 428 g/mol. The maximum Gasteiger partial charge on any atom is 0.259 e. The second-order valence-electron chi connectivity index (χ2n) is 3.19. The van der Waals surface area contributed by atoms with Gasteiger partial charge in [-0.2, -0.15) is 0 Å². The molecule has 2 aromatic rings. The Bertz CT molecular complexity index is 646. The largest absolute Gasteiger partial charge is 0.301 e. The van der Waals surface area contributed by atoms with Gasteiger partial charge in [0, 0.05) is 3.57 Å². The lowest BCUT2D eigenvalue weighted by Gasteiger charge is -2.05. The van der Waals surface area contributed by atoms with Gasteiger partial charge in [-0.3, -0.25) is 4.79 Å². The number of fused-ring (bicyclic) bond motifs is 1. The van der Waals surface area contributed by atoms with Gasteiger partial charge in [0.15, 0.2) is 11.0 Å². The van der Waals surface area contributed by atoms with Crippen molar-refractivity contribution in [2.75, 3.05) is 5.75 Å². The average molecular weight is 429 g/mol. The van der Waals surface area contributed by atoms with Crippen LogP contribution in [0.5, 0.6) is 0 Å². The molecule has 0 saturated heterocycles. The Morgan fingerprint density at radius 2 is 2.35 bits per heavy atom. The van der Waals surface area contributed by atoms with Crippen molar-refractivity contribution in [1.29, 1.82) is 0 Å². The number of halogens is 3. The first kappa shape index (κ1) is 13.3. The quantitative estimate of drug-likeness (QED) is 0.344. The Hall–Kier alpha value is -0.150. The highest BCUT2D eigenvalue weighted by molar-refractivity contribution is 14.1. The minimum Gasteiger partial charge on any atom is -0.301 e. The summed E-state index contributed by atoms with van der Waals surface area (Å²) in [6.07, 6.45) is 0. The predicted molar refractivity (Wildman–Crippen MR) is 79.1 cm³/mol. The first-order valence-electron chi connectivity index (χ1n) is 4.75. The Morgan fingerprint density at radius 1 is 1.65 bits per heavy atom. The van der Waals surface area contributed by atoms with Gasteiger partial charge < -0.3 is 4.98 Å². The van der Waals surface area contributed by atoms with Crippen molar-refractivity contribution in [2.24, 2.45) is 0 Å².